The summed E-state index contributed by atoms with van der Waals surface area (Å²) < 4.78 is 5.24. The number of rotatable bonds is 5. The number of benzene rings is 1. The van der Waals surface area contributed by atoms with Gasteiger partial charge in [-0.3, -0.25) is 10.1 Å². The lowest BCUT2D eigenvalue weighted by Gasteiger charge is -2.21. The molecule has 0 saturated heterocycles. The SMILES string of the molecule is Cc1ccc(Sc2ncccc2C(=O)O[C@@H](C)C(=O)NC(=O)NC(C)(C)C)cc1. The number of aryl methyl sites for hydroxylation is 1. The molecule has 0 aliphatic rings. The third-order valence-electron chi connectivity index (χ3n) is 3.60. The highest BCUT2D eigenvalue weighted by Gasteiger charge is 2.24. The third-order valence-corrected chi connectivity index (χ3v) is 4.63. The summed E-state index contributed by atoms with van der Waals surface area (Å²) in [5.41, 5.74) is 0.879. The van der Waals surface area contributed by atoms with Crippen molar-refractivity contribution in [2.45, 2.75) is 56.2 Å². The highest BCUT2D eigenvalue weighted by molar-refractivity contribution is 7.99. The van der Waals surface area contributed by atoms with Crippen molar-refractivity contribution in [2.24, 2.45) is 0 Å². The molecule has 1 atom stereocenters. The molecule has 2 N–H and O–H groups in total. The number of esters is 1. The molecule has 1 aromatic carbocycles. The Morgan fingerprint density at radius 1 is 1.10 bits per heavy atom. The summed E-state index contributed by atoms with van der Waals surface area (Å²) >= 11 is 1.33. The maximum absolute atomic E-state index is 12.6. The molecule has 0 radical (unpaired) electrons. The van der Waals surface area contributed by atoms with Gasteiger partial charge in [0.25, 0.3) is 5.91 Å². The summed E-state index contributed by atoms with van der Waals surface area (Å²) in [6.45, 7) is 8.76. The smallest absolute Gasteiger partial charge is 0.341 e. The van der Waals surface area contributed by atoms with Gasteiger partial charge in [-0.15, -0.1) is 0 Å². The number of nitrogens with one attached hydrogen (secondary N) is 2. The largest absolute Gasteiger partial charge is 0.449 e. The number of nitrogens with zero attached hydrogens (tertiary/aromatic N) is 1. The Kier molecular flexibility index (Phi) is 7.39. The highest BCUT2D eigenvalue weighted by Crippen LogP contribution is 2.29. The molecule has 0 aliphatic carbocycles. The van der Waals surface area contributed by atoms with Crippen LogP contribution in [0.5, 0.6) is 0 Å². The van der Waals surface area contributed by atoms with Crippen LogP contribution in [0.25, 0.3) is 0 Å². The number of pyridine rings is 1. The lowest BCUT2D eigenvalue weighted by molar-refractivity contribution is -0.127. The summed E-state index contributed by atoms with van der Waals surface area (Å²) in [7, 11) is 0. The molecule has 1 aromatic heterocycles. The Morgan fingerprint density at radius 2 is 1.76 bits per heavy atom. The van der Waals surface area contributed by atoms with Crippen LogP contribution in [0.4, 0.5) is 4.79 Å². The van der Waals surface area contributed by atoms with Crippen molar-refractivity contribution >= 4 is 29.7 Å². The number of ether oxygens (including phenoxy) is 1. The van der Waals surface area contributed by atoms with Gasteiger partial charge in [-0.25, -0.2) is 14.6 Å². The summed E-state index contributed by atoms with van der Waals surface area (Å²) in [4.78, 5) is 41.7. The van der Waals surface area contributed by atoms with E-state index in [1.807, 2.05) is 31.2 Å². The summed E-state index contributed by atoms with van der Waals surface area (Å²) in [5.74, 6) is -1.40. The molecule has 154 valence electrons. The summed E-state index contributed by atoms with van der Waals surface area (Å²) in [5, 5.41) is 5.24. The molecule has 0 saturated carbocycles. The Balaban J connectivity index is 2.04. The van der Waals surface area contributed by atoms with Crippen molar-refractivity contribution in [3.8, 4) is 0 Å². The molecule has 2 aromatic rings. The third kappa shape index (κ3) is 7.23. The van der Waals surface area contributed by atoms with Gasteiger partial charge in [-0.1, -0.05) is 29.5 Å². The Bertz CT molecular complexity index is 892. The van der Waals surface area contributed by atoms with E-state index in [-0.39, 0.29) is 5.56 Å². The maximum atomic E-state index is 12.6. The van der Waals surface area contributed by atoms with Gasteiger partial charge in [-0.2, -0.15) is 0 Å². The second-order valence-corrected chi connectivity index (χ2v) is 8.57. The normalized spacial score (nSPS) is 12.0. The van der Waals surface area contributed by atoms with E-state index in [1.54, 1.807) is 39.1 Å². The second kappa shape index (κ2) is 9.56. The first kappa shape index (κ1) is 22.4. The van der Waals surface area contributed by atoms with Crippen LogP contribution in [-0.2, 0) is 9.53 Å². The lowest BCUT2D eigenvalue weighted by atomic mass is 10.1. The molecule has 0 aliphatic heterocycles. The van der Waals surface area contributed by atoms with E-state index < -0.39 is 29.6 Å². The zero-order valence-electron chi connectivity index (χ0n) is 17.1. The molecule has 0 unspecified atom stereocenters. The minimum atomic E-state index is -1.15. The predicted octanol–water partition coefficient (Wildman–Crippen LogP) is 3.71. The van der Waals surface area contributed by atoms with Crippen LogP contribution in [0.3, 0.4) is 0 Å². The molecule has 0 spiro atoms. The zero-order valence-corrected chi connectivity index (χ0v) is 17.9. The number of amides is 3. The number of carbonyl (C=O) groups excluding carboxylic acids is 3. The number of hydrogen-bond acceptors (Lipinski definition) is 6. The molecular formula is C21H25N3O4S. The minimum absolute atomic E-state index is 0.247. The average molecular weight is 416 g/mol. The standard InChI is InChI=1S/C21H25N3O4S/c1-13-8-10-15(11-9-13)29-18-16(7-6-12-22-18)19(26)28-14(2)17(25)23-20(27)24-21(3,4)5/h6-12,14H,1-5H3,(H2,23,24,25,27)/t14-/m0/s1. The van der Waals surface area contributed by atoms with Gasteiger partial charge in [0.05, 0.1) is 5.56 Å². The number of carbonyl (C=O) groups is 3. The van der Waals surface area contributed by atoms with Crippen LogP contribution in [0.1, 0.15) is 43.6 Å². The van der Waals surface area contributed by atoms with Crippen molar-refractivity contribution in [1.82, 2.24) is 15.6 Å². The van der Waals surface area contributed by atoms with Crippen LogP contribution < -0.4 is 10.6 Å². The number of aromatic nitrogens is 1. The average Bonchev–Trinajstić information content (AvgIpc) is 2.62. The lowest BCUT2D eigenvalue weighted by Crippen LogP contribution is -2.50. The monoisotopic (exact) mass is 415 g/mol. The second-order valence-electron chi connectivity index (χ2n) is 7.51. The molecule has 3 amide bonds. The molecular weight excluding hydrogens is 390 g/mol. The minimum Gasteiger partial charge on any atom is -0.449 e. The number of imide groups is 1. The van der Waals surface area contributed by atoms with Crippen molar-refractivity contribution in [3.63, 3.8) is 0 Å². The van der Waals surface area contributed by atoms with Crippen LogP contribution >= 0.6 is 11.8 Å². The van der Waals surface area contributed by atoms with Crippen LogP contribution in [0.2, 0.25) is 0 Å². The van der Waals surface area contributed by atoms with Crippen molar-refractivity contribution in [2.75, 3.05) is 0 Å². The number of urea groups is 1. The molecule has 7 nitrogen and oxygen atoms in total. The molecule has 0 bridgehead atoms. The maximum Gasteiger partial charge on any atom is 0.341 e. The van der Waals surface area contributed by atoms with Crippen molar-refractivity contribution in [3.05, 3.63) is 53.7 Å². The Morgan fingerprint density at radius 3 is 2.38 bits per heavy atom. The van der Waals surface area contributed by atoms with E-state index in [0.717, 1.165) is 10.5 Å². The molecule has 29 heavy (non-hydrogen) atoms. The molecule has 8 heteroatoms. The summed E-state index contributed by atoms with van der Waals surface area (Å²) in [6.07, 6.45) is 0.436. The quantitative estimate of drug-likeness (QED) is 0.723. The van der Waals surface area contributed by atoms with E-state index >= 15 is 0 Å². The van der Waals surface area contributed by atoms with Crippen LogP contribution in [-0.4, -0.2) is 34.5 Å². The van der Waals surface area contributed by atoms with Crippen molar-refractivity contribution < 1.29 is 19.1 Å². The van der Waals surface area contributed by atoms with E-state index in [0.29, 0.717) is 5.03 Å². The van der Waals surface area contributed by atoms with Gasteiger partial charge < -0.3 is 10.1 Å². The fraction of sp³-hybridized carbons (Fsp3) is 0.333. The van der Waals surface area contributed by atoms with Gasteiger partial charge in [0.1, 0.15) is 5.03 Å². The predicted molar refractivity (Wildman–Crippen MR) is 111 cm³/mol. The zero-order chi connectivity index (χ0) is 21.6. The fourth-order valence-electron chi connectivity index (χ4n) is 2.21. The Hall–Kier alpha value is -2.87. The first-order chi connectivity index (χ1) is 13.5. The van der Waals surface area contributed by atoms with E-state index in [2.05, 4.69) is 15.6 Å². The first-order valence-electron chi connectivity index (χ1n) is 9.08. The van der Waals surface area contributed by atoms with Gasteiger partial charge in [0, 0.05) is 16.6 Å². The molecule has 2 rings (SSSR count). The molecule has 0 fully saturated rings. The van der Waals surface area contributed by atoms with Crippen LogP contribution in [0.15, 0.2) is 52.5 Å². The van der Waals surface area contributed by atoms with Crippen LogP contribution in [0, 0.1) is 6.92 Å². The van der Waals surface area contributed by atoms with E-state index in [1.165, 1.54) is 18.7 Å². The van der Waals surface area contributed by atoms with Gasteiger partial charge in [-0.05, 0) is 58.9 Å². The van der Waals surface area contributed by atoms with E-state index in [9.17, 15) is 14.4 Å². The van der Waals surface area contributed by atoms with Gasteiger partial charge in [0.15, 0.2) is 6.10 Å². The molecule has 1 heterocycles. The van der Waals surface area contributed by atoms with Gasteiger partial charge >= 0.3 is 12.0 Å². The fourth-order valence-corrected chi connectivity index (χ4v) is 3.08. The topological polar surface area (TPSA) is 97.4 Å². The van der Waals surface area contributed by atoms with E-state index in [4.69, 9.17) is 4.74 Å². The Labute approximate surface area is 174 Å². The first-order valence-corrected chi connectivity index (χ1v) is 9.90. The van der Waals surface area contributed by atoms with Gasteiger partial charge in [0.2, 0.25) is 0 Å². The number of hydrogen-bond donors (Lipinski definition) is 2. The highest BCUT2D eigenvalue weighted by atomic mass is 32.2. The summed E-state index contributed by atoms with van der Waals surface area (Å²) in [6, 6.07) is 10.4. The van der Waals surface area contributed by atoms with Crippen molar-refractivity contribution in [1.29, 1.82) is 0 Å².